The molecule has 0 aromatic carbocycles. The van der Waals surface area contributed by atoms with Crippen LogP contribution in [0, 0.1) is 0 Å². The molecule has 2 fully saturated rings. The van der Waals surface area contributed by atoms with Gasteiger partial charge in [-0.25, -0.2) is 4.79 Å². The van der Waals surface area contributed by atoms with Gasteiger partial charge in [0, 0.05) is 27.1 Å². The molecule has 34 heavy (non-hydrogen) atoms. The van der Waals surface area contributed by atoms with Crippen molar-refractivity contribution in [3.8, 4) is 0 Å². The van der Waals surface area contributed by atoms with Gasteiger partial charge in [-0.15, -0.1) is 11.8 Å². The molecule has 3 rings (SSSR count). The van der Waals surface area contributed by atoms with Crippen LogP contribution in [-0.2, 0) is 18.4 Å². The van der Waals surface area contributed by atoms with E-state index in [1.807, 2.05) is 6.08 Å². The minimum atomic E-state index is -1.91. The molecule has 4 nitrogen and oxygen atoms in total. The summed E-state index contributed by atoms with van der Waals surface area (Å²) in [6.45, 7) is 24.1. The summed E-state index contributed by atoms with van der Waals surface area (Å²) in [5.41, 5.74) is 0. The first kappa shape index (κ1) is 28.8. The van der Waals surface area contributed by atoms with E-state index in [-0.39, 0.29) is 28.3 Å². The fourth-order valence-electron chi connectivity index (χ4n) is 4.31. The SMILES string of the molecule is CC(C)(C)[Si](C)(C)OC[C@@H](O[Si](C)(C)C(C)(C)C)[C@H]1CC[C@H]([C@H]2CC[C@H]([C@H]3C=CC(=O)O3)S2)S1. The van der Waals surface area contributed by atoms with Crippen molar-refractivity contribution in [1.29, 1.82) is 0 Å². The first-order valence-corrected chi connectivity index (χ1v) is 20.7. The topological polar surface area (TPSA) is 44.8 Å². The lowest BCUT2D eigenvalue weighted by atomic mass is 10.0. The summed E-state index contributed by atoms with van der Waals surface area (Å²) < 4.78 is 19.3. The van der Waals surface area contributed by atoms with E-state index in [1.54, 1.807) is 6.08 Å². The van der Waals surface area contributed by atoms with E-state index >= 15 is 0 Å². The van der Waals surface area contributed by atoms with Gasteiger partial charge in [0.2, 0.25) is 0 Å². The fraction of sp³-hybridized carbons (Fsp3) is 0.885. The third-order valence-corrected chi connectivity index (χ3v) is 21.5. The summed E-state index contributed by atoms with van der Waals surface area (Å²) in [5.74, 6) is -0.184. The first-order chi connectivity index (χ1) is 15.5. The van der Waals surface area contributed by atoms with Crippen molar-refractivity contribution in [3.05, 3.63) is 12.2 Å². The number of hydrogen-bond acceptors (Lipinski definition) is 6. The van der Waals surface area contributed by atoms with Crippen LogP contribution in [0.3, 0.4) is 0 Å². The normalized spacial score (nSPS) is 31.8. The number of carbonyl (C=O) groups is 1. The van der Waals surface area contributed by atoms with E-state index in [0.717, 1.165) is 13.0 Å². The zero-order valence-electron chi connectivity index (χ0n) is 23.1. The van der Waals surface area contributed by atoms with Gasteiger partial charge in [-0.1, -0.05) is 41.5 Å². The fourth-order valence-corrected chi connectivity index (χ4v) is 10.4. The second kappa shape index (κ2) is 10.6. The molecule has 3 aliphatic rings. The quantitative estimate of drug-likeness (QED) is 0.234. The lowest BCUT2D eigenvalue weighted by molar-refractivity contribution is -0.138. The Labute approximate surface area is 219 Å². The molecule has 196 valence electrons. The smallest absolute Gasteiger partial charge is 0.331 e. The van der Waals surface area contributed by atoms with Crippen molar-refractivity contribution in [2.45, 2.75) is 137 Å². The first-order valence-electron chi connectivity index (χ1n) is 13.0. The van der Waals surface area contributed by atoms with Gasteiger partial charge in [-0.05, 0) is 68.0 Å². The summed E-state index contributed by atoms with van der Waals surface area (Å²) in [4.78, 5) is 11.5. The molecule has 6 atom stereocenters. The summed E-state index contributed by atoms with van der Waals surface area (Å²) >= 11 is 4.21. The van der Waals surface area contributed by atoms with Crippen LogP contribution in [0.2, 0.25) is 36.3 Å². The molecular formula is C26H48O4S2Si2. The van der Waals surface area contributed by atoms with Crippen molar-refractivity contribution < 1.29 is 18.4 Å². The second-order valence-corrected chi connectivity index (χ2v) is 25.9. The van der Waals surface area contributed by atoms with Gasteiger partial charge in [-0.3, -0.25) is 0 Å². The average molecular weight is 545 g/mol. The largest absolute Gasteiger partial charge is 0.454 e. The molecule has 0 amide bonds. The average Bonchev–Trinajstić information content (AvgIpc) is 3.42. The van der Waals surface area contributed by atoms with Crippen LogP contribution in [0.25, 0.3) is 0 Å². The van der Waals surface area contributed by atoms with Gasteiger partial charge < -0.3 is 13.6 Å². The summed E-state index contributed by atoms with van der Waals surface area (Å²) in [7, 11) is -3.74. The molecule has 3 heterocycles. The molecule has 0 N–H and O–H groups in total. The molecule has 0 aromatic heterocycles. The van der Waals surface area contributed by atoms with Gasteiger partial charge in [0.25, 0.3) is 0 Å². The minimum Gasteiger partial charge on any atom is -0.454 e. The van der Waals surface area contributed by atoms with Gasteiger partial charge in [-0.2, -0.15) is 11.8 Å². The van der Waals surface area contributed by atoms with E-state index in [9.17, 15) is 4.79 Å². The number of hydrogen-bond donors (Lipinski definition) is 0. The molecule has 2 saturated heterocycles. The zero-order chi connectivity index (χ0) is 25.5. The Kier molecular flexibility index (Phi) is 8.95. The Morgan fingerprint density at radius 3 is 2.03 bits per heavy atom. The van der Waals surface area contributed by atoms with Crippen LogP contribution < -0.4 is 0 Å². The van der Waals surface area contributed by atoms with E-state index in [4.69, 9.17) is 13.6 Å². The van der Waals surface area contributed by atoms with Crippen molar-refractivity contribution in [3.63, 3.8) is 0 Å². The molecule has 0 aliphatic carbocycles. The van der Waals surface area contributed by atoms with Crippen molar-refractivity contribution in [2.24, 2.45) is 0 Å². The molecular weight excluding hydrogens is 497 g/mol. The molecule has 8 heteroatoms. The van der Waals surface area contributed by atoms with E-state index < -0.39 is 16.6 Å². The predicted molar refractivity (Wildman–Crippen MR) is 153 cm³/mol. The van der Waals surface area contributed by atoms with Crippen LogP contribution in [-0.4, -0.2) is 62.4 Å². The number of rotatable bonds is 8. The van der Waals surface area contributed by atoms with Gasteiger partial charge in [0.15, 0.2) is 16.6 Å². The molecule has 0 radical (unpaired) electrons. The number of ether oxygens (including phenoxy) is 1. The minimum absolute atomic E-state index is 0.0302. The maximum absolute atomic E-state index is 11.5. The Balaban J connectivity index is 1.65. The lowest BCUT2D eigenvalue weighted by Crippen LogP contribution is -2.50. The monoisotopic (exact) mass is 544 g/mol. The van der Waals surface area contributed by atoms with E-state index in [1.165, 1.54) is 19.3 Å². The van der Waals surface area contributed by atoms with E-state index in [2.05, 4.69) is 91.3 Å². The van der Waals surface area contributed by atoms with Crippen LogP contribution >= 0.6 is 23.5 Å². The maximum Gasteiger partial charge on any atom is 0.331 e. The van der Waals surface area contributed by atoms with Crippen LogP contribution in [0.4, 0.5) is 0 Å². The van der Waals surface area contributed by atoms with Crippen molar-refractivity contribution >= 4 is 46.1 Å². The Hall–Kier alpha value is 0.264. The molecule has 3 aliphatic heterocycles. The van der Waals surface area contributed by atoms with Crippen molar-refractivity contribution in [2.75, 3.05) is 6.61 Å². The second-order valence-electron chi connectivity index (χ2n) is 13.3. The van der Waals surface area contributed by atoms with Gasteiger partial charge in [0.05, 0.1) is 12.7 Å². The van der Waals surface area contributed by atoms with Crippen molar-refractivity contribution in [1.82, 2.24) is 0 Å². The maximum atomic E-state index is 11.5. The lowest BCUT2D eigenvalue weighted by Gasteiger charge is -2.43. The van der Waals surface area contributed by atoms with Crippen LogP contribution in [0.5, 0.6) is 0 Å². The highest BCUT2D eigenvalue weighted by Crippen LogP contribution is 2.50. The number of esters is 1. The third kappa shape index (κ3) is 6.77. The Bertz CT molecular complexity index is 757. The summed E-state index contributed by atoms with van der Waals surface area (Å²) in [6.07, 6.45) is 8.47. The highest BCUT2D eigenvalue weighted by atomic mass is 32.2. The highest BCUT2D eigenvalue weighted by Gasteiger charge is 2.46. The van der Waals surface area contributed by atoms with E-state index in [0.29, 0.717) is 21.0 Å². The Morgan fingerprint density at radius 2 is 1.47 bits per heavy atom. The molecule has 0 spiro atoms. The van der Waals surface area contributed by atoms with Crippen LogP contribution in [0.1, 0.15) is 67.2 Å². The van der Waals surface area contributed by atoms with Crippen LogP contribution in [0.15, 0.2) is 12.2 Å². The van der Waals surface area contributed by atoms with Gasteiger partial charge in [0.1, 0.15) is 6.10 Å². The molecule has 0 aromatic rings. The Morgan fingerprint density at radius 1 is 0.912 bits per heavy atom. The summed E-state index contributed by atoms with van der Waals surface area (Å²) in [5, 5.41) is 2.59. The number of cyclic esters (lactones) is 1. The standard InChI is InChI=1S/C26H48O4S2Si2/c1-25(2,3)33(7,8)28-17-19(30-34(9,10)26(4,5)6)21-13-15-23(32-21)22-14-12-20(31-22)18-11-16-24(27)29-18/h11,16,18-23H,12-15,17H2,1-10H3/t18-,19-,20-,21-,22-,23-/m1/s1. The molecule has 0 saturated carbocycles. The molecule has 0 bridgehead atoms. The third-order valence-electron chi connectivity index (χ3n) is 8.71. The zero-order valence-corrected chi connectivity index (χ0v) is 26.7. The number of thioether (sulfide) groups is 2. The predicted octanol–water partition coefficient (Wildman–Crippen LogP) is 7.41. The number of carbonyl (C=O) groups excluding carboxylic acids is 1. The summed E-state index contributed by atoms with van der Waals surface area (Å²) in [6, 6.07) is 0. The van der Waals surface area contributed by atoms with Gasteiger partial charge >= 0.3 is 5.97 Å². The molecule has 0 unspecified atom stereocenters. The highest BCUT2D eigenvalue weighted by molar-refractivity contribution is 8.04.